The molecule has 11 heteroatoms. The summed E-state index contributed by atoms with van der Waals surface area (Å²) in [6, 6.07) is 13.2. The van der Waals surface area contributed by atoms with E-state index in [2.05, 4.69) is 10.3 Å². The molecule has 1 aromatic carbocycles. The van der Waals surface area contributed by atoms with Crippen molar-refractivity contribution >= 4 is 29.0 Å². The summed E-state index contributed by atoms with van der Waals surface area (Å²) in [4.78, 5) is 26.6. The third-order valence-electron chi connectivity index (χ3n) is 5.58. The van der Waals surface area contributed by atoms with Gasteiger partial charge in [0.15, 0.2) is 0 Å². The summed E-state index contributed by atoms with van der Waals surface area (Å²) >= 11 is 6.14. The smallest absolute Gasteiger partial charge is 0.475 e. The van der Waals surface area contributed by atoms with Gasteiger partial charge >= 0.3 is 12.1 Å². The van der Waals surface area contributed by atoms with Crippen LogP contribution in [0.15, 0.2) is 48.7 Å². The number of aliphatic carboxylic acids is 1. The summed E-state index contributed by atoms with van der Waals surface area (Å²) in [6.45, 7) is -0.0524. The lowest BCUT2D eigenvalue weighted by Gasteiger charge is -2.36. The maximum atomic E-state index is 13.1. The maximum absolute atomic E-state index is 13.1. The zero-order valence-electron chi connectivity index (χ0n) is 18.0. The standard InChI is InChI=1S/C21H22ClN3O2.C2HF3O2/c22-16-8-6-7-15(13-16)18-17-9-2-5-12-25(17)19(23-18)20(27)24-21(14-26)10-3-1-4-11-21;3-2(4,5)1(6)7/h2,5-9,12-13,26H,1,3-4,10-11,14H2,(H,24,27);(H,6,7). The van der Waals surface area contributed by atoms with Crippen molar-refractivity contribution in [3.05, 3.63) is 59.5 Å². The molecular weight excluding hydrogens is 475 g/mol. The number of aliphatic hydroxyl groups is 1. The minimum atomic E-state index is -5.08. The second-order valence-electron chi connectivity index (χ2n) is 8.01. The molecule has 3 aromatic rings. The molecule has 3 N–H and O–H groups in total. The molecule has 0 aliphatic heterocycles. The minimum absolute atomic E-state index is 0.0524. The number of alkyl halides is 3. The highest BCUT2D eigenvalue weighted by Gasteiger charge is 2.38. The maximum Gasteiger partial charge on any atom is 0.490 e. The SMILES string of the molecule is O=C(NC1(CO)CCCCC1)c1nc(-c2cccc(Cl)c2)c2ccccn12.O=C(O)C(F)(F)F. The number of hydrogen-bond donors (Lipinski definition) is 3. The number of pyridine rings is 1. The lowest BCUT2D eigenvalue weighted by molar-refractivity contribution is -0.192. The number of aromatic nitrogens is 2. The number of imidazole rings is 1. The van der Waals surface area contributed by atoms with E-state index in [1.807, 2.05) is 48.7 Å². The number of halogens is 4. The third-order valence-corrected chi connectivity index (χ3v) is 5.82. The number of benzene rings is 1. The Hall–Kier alpha value is -3.11. The molecule has 0 atom stereocenters. The highest BCUT2D eigenvalue weighted by Crippen LogP contribution is 2.30. The molecule has 1 aliphatic carbocycles. The number of rotatable bonds is 4. The Labute approximate surface area is 198 Å². The third kappa shape index (κ3) is 5.87. The van der Waals surface area contributed by atoms with Gasteiger partial charge in [0.05, 0.1) is 23.4 Å². The summed E-state index contributed by atoms with van der Waals surface area (Å²) in [5.74, 6) is -2.70. The van der Waals surface area contributed by atoms with Crippen molar-refractivity contribution in [3.8, 4) is 11.3 Å². The number of nitrogens with zero attached hydrogens (tertiary/aromatic N) is 2. The van der Waals surface area contributed by atoms with Crippen molar-refractivity contribution in [2.24, 2.45) is 0 Å². The summed E-state index contributed by atoms with van der Waals surface area (Å²) in [6.07, 6.45) is 1.49. The predicted octanol–water partition coefficient (Wildman–Crippen LogP) is 4.71. The number of fused-ring (bicyclic) bond motifs is 1. The van der Waals surface area contributed by atoms with Gasteiger partial charge in [-0.05, 0) is 37.1 Å². The normalized spacial score (nSPS) is 15.3. The average molecular weight is 498 g/mol. The van der Waals surface area contributed by atoms with Gasteiger partial charge < -0.3 is 15.5 Å². The van der Waals surface area contributed by atoms with Crippen molar-refractivity contribution in [1.82, 2.24) is 14.7 Å². The van der Waals surface area contributed by atoms with Gasteiger partial charge in [0.25, 0.3) is 5.91 Å². The van der Waals surface area contributed by atoms with Crippen LogP contribution in [0, 0.1) is 0 Å². The fourth-order valence-corrected chi connectivity index (χ4v) is 4.08. The van der Waals surface area contributed by atoms with Gasteiger partial charge in [0, 0.05) is 16.8 Å². The molecule has 0 bridgehead atoms. The van der Waals surface area contributed by atoms with E-state index in [4.69, 9.17) is 21.5 Å². The minimum Gasteiger partial charge on any atom is -0.475 e. The molecule has 1 amide bonds. The highest BCUT2D eigenvalue weighted by molar-refractivity contribution is 6.30. The fourth-order valence-electron chi connectivity index (χ4n) is 3.89. The van der Waals surface area contributed by atoms with Crippen LogP contribution in [0.3, 0.4) is 0 Å². The van der Waals surface area contributed by atoms with Crippen molar-refractivity contribution in [2.45, 2.75) is 43.8 Å². The molecule has 1 aliphatic rings. The Morgan fingerprint density at radius 2 is 1.79 bits per heavy atom. The van der Waals surface area contributed by atoms with E-state index >= 15 is 0 Å². The van der Waals surface area contributed by atoms with Crippen LogP contribution in [0.5, 0.6) is 0 Å². The Morgan fingerprint density at radius 1 is 1.12 bits per heavy atom. The van der Waals surface area contributed by atoms with Gasteiger partial charge in [-0.2, -0.15) is 13.2 Å². The van der Waals surface area contributed by atoms with E-state index in [1.54, 1.807) is 4.40 Å². The van der Waals surface area contributed by atoms with Crippen LogP contribution in [-0.2, 0) is 4.79 Å². The monoisotopic (exact) mass is 497 g/mol. The summed E-state index contributed by atoms with van der Waals surface area (Å²) < 4.78 is 33.5. The van der Waals surface area contributed by atoms with Crippen molar-refractivity contribution in [1.29, 1.82) is 0 Å². The van der Waals surface area contributed by atoms with Gasteiger partial charge in [0.1, 0.15) is 0 Å². The number of nitrogens with one attached hydrogen (secondary N) is 1. The first-order chi connectivity index (χ1) is 16.1. The number of carbonyl (C=O) groups excluding carboxylic acids is 1. The molecule has 0 saturated heterocycles. The van der Waals surface area contributed by atoms with E-state index in [0.717, 1.165) is 43.2 Å². The predicted molar refractivity (Wildman–Crippen MR) is 120 cm³/mol. The molecule has 0 spiro atoms. The topological polar surface area (TPSA) is 104 Å². The number of amides is 1. The molecular formula is C23H23ClF3N3O4. The zero-order valence-corrected chi connectivity index (χ0v) is 18.7. The number of carbonyl (C=O) groups is 2. The Kier molecular flexibility index (Phi) is 7.83. The van der Waals surface area contributed by atoms with Crippen LogP contribution in [-0.4, -0.2) is 49.8 Å². The van der Waals surface area contributed by atoms with Gasteiger partial charge in [-0.25, -0.2) is 9.78 Å². The molecule has 4 rings (SSSR count). The van der Waals surface area contributed by atoms with Crippen molar-refractivity contribution in [3.63, 3.8) is 0 Å². The van der Waals surface area contributed by atoms with Crippen LogP contribution < -0.4 is 5.32 Å². The zero-order chi connectivity index (χ0) is 24.9. The number of hydrogen-bond acceptors (Lipinski definition) is 4. The van der Waals surface area contributed by atoms with Gasteiger partial charge in [-0.3, -0.25) is 9.20 Å². The van der Waals surface area contributed by atoms with Crippen molar-refractivity contribution < 1.29 is 33.0 Å². The van der Waals surface area contributed by atoms with Gasteiger partial charge in [0.2, 0.25) is 5.82 Å². The fraction of sp³-hybridized carbons (Fsp3) is 0.348. The molecule has 1 fully saturated rings. The average Bonchev–Trinajstić information content (AvgIpc) is 3.19. The van der Waals surface area contributed by atoms with E-state index in [0.29, 0.717) is 16.5 Å². The van der Waals surface area contributed by atoms with Crippen molar-refractivity contribution in [2.75, 3.05) is 6.61 Å². The molecule has 7 nitrogen and oxygen atoms in total. The number of aliphatic hydroxyl groups excluding tert-OH is 1. The van der Waals surface area contributed by atoms with Crippen LogP contribution in [0.4, 0.5) is 13.2 Å². The van der Waals surface area contributed by atoms with Crippen LogP contribution in [0.25, 0.3) is 16.8 Å². The summed E-state index contributed by atoms with van der Waals surface area (Å²) in [5.41, 5.74) is 1.86. The highest BCUT2D eigenvalue weighted by atomic mass is 35.5. The Bertz CT molecular complexity index is 1170. The summed E-state index contributed by atoms with van der Waals surface area (Å²) in [5, 5.41) is 20.7. The molecule has 182 valence electrons. The number of carboxylic acid groups (broad SMARTS) is 1. The Balaban J connectivity index is 0.000000406. The first-order valence-corrected chi connectivity index (χ1v) is 10.9. The van der Waals surface area contributed by atoms with E-state index in [-0.39, 0.29) is 12.5 Å². The van der Waals surface area contributed by atoms with Gasteiger partial charge in [-0.1, -0.05) is 49.1 Å². The van der Waals surface area contributed by atoms with Crippen LogP contribution in [0.2, 0.25) is 5.02 Å². The first kappa shape index (κ1) is 25.5. The second-order valence-corrected chi connectivity index (χ2v) is 8.44. The lowest BCUT2D eigenvalue weighted by atomic mass is 9.82. The quantitative estimate of drug-likeness (QED) is 0.484. The Morgan fingerprint density at radius 3 is 2.38 bits per heavy atom. The van der Waals surface area contributed by atoms with Gasteiger partial charge in [-0.15, -0.1) is 0 Å². The lowest BCUT2D eigenvalue weighted by Crippen LogP contribution is -2.52. The molecule has 2 heterocycles. The largest absolute Gasteiger partial charge is 0.490 e. The first-order valence-electron chi connectivity index (χ1n) is 10.5. The molecule has 2 aromatic heterocycles. The number of carboxylic acids is 1. The molecule has 1 saturated carbocycles. The van der Waals surface area contributed by atoms with Crippen LogP contribution >= 0.6 is 11.6 Å². The molecule has 0 radical (unpaired) electrons. The molecule has 0 unspecified atom stereocenters. The van der Waals surface area contributed by atoms with E-state index in [1.165, 1.54) is 0 Å². The summed E-state index contributed by atoms with van der Waals surface area (Å²) in [7, 11) is 0. The van der Waals surface area contributed by atoms with E-state index < -0.39 is 17.7 Å². The molecule has 34 heavy (non-hydrogen) atoms. The van der Waals surface area contributed by atoms with Crippen LogP contribution in [0.1, 0.15) is 42.7 Å². The second kappa shape index (κ2) is 10.4. The van der Waals surface area contributed by atoms with E-state index in [9.17, 15) is 23.1 Å².